The predicted molar refractivity (Wildman–Crippen MR) is 103 cm³/mol. The third-order valence-electron chi connectivity index (χ3n) is 4.86. The summed E-state index contributed by atoms with van der Waals surface area (Å²) in [5, 5.41) is 6.15. The van der Waals surface area contributed by atoms with E-state index in [9.17, 15) is 14.4 Å². The lowest BCUT2D eigenvalue weighted by molar-refractivity contribution is -0.134. The van der Waals surface area contributed by atoms with Crippen LogP contribution in [-0.2, 0) is 9.59 Å². The van der Waals surface area contributed by atoms with Crippen LogP contribution in [-0.4, -0.2) is 46.4 Å². The van der Waals surface area contributed by atoms with Crippen LogP contribution in [0.3, 0.4) is 0 Å². The number of benzene rings is 1. The molecule has 0 aliphatic carbocycles. The molecular formula is C19H20N4O4S. The van der Waals surface area contributed by atoms with Crippen LogP contribution in [0.2, 0.25) is 0 Å². The Morgan fingerprint density at radius 3 is 2.96 bits per heavy atom. The molecule has 2 N–H and O–H groups in total. The van der Waals surface area contributed by atoms with Gasteiger partial charge in [0, 0.05) is 36.9 Å². The first-order valence-corrected chi connectivity index (χ1v) is 9.86. The van der Waals surface area contributed by atoms with Gasteiger partial charge in [0.1, 0.15) is 5.75 Å². The van der Waals surface area contributed by atoms with Gasteiger partial charge in [0.2, 0.25) is 11.8 Å². The molecule has 146 valence electrons. The number of aromatic nitrogens is 1. The quantitative estimate of drug-likeness (QED) is 0.820. The summed E-state index contributed by atoms with van der Waals surface area (Å²) in [6.07, 6.45) is 2.63. The molecule has 2 aromatic rings. The van der Waals surface area contributed by atoms with Crippen LogP contribution in [0.15, 0.2) is 30.5 Å². The van der Waals surface area contributed by atoms with Crippen LogP contribution in [0.25, 0.3) is 0 Å². The number of likely N-dealkylation sites (tertiary alicyclic amines) is 1. The maximum atomic E-state index is 12.5. The fraction of sp³-hybridized carbons (Fsp3) is 0.368. The van der Waals surface area contributed by atoms with E-state index in [1.165, 1.54) is 16.2 Å². The molecule has 1 unspecified atom stereocenters. The zero-order valence-electron chi connectivity index (χ0n) is 15.4. The van der Waals surface area contributed by atoms with E-state index in [1.54, 1.807) is 24.4 Å². The van der Waals surface area contributed by atoms with Crippen molar-refractivity contribution in [2.75, 3.05) is 18.4 Å². The summed E-state index contributed by atoms with van der Waals surface area (Å²) in [4.78, 5) is 43.9. The number of carbonyl (C=O) groups is 3. The van der Waals surface area contributed by atoms with Gasteiger partial charge in [-0.1, -0.05) is 12.1 Å². The summed E-state index contributed by atoms with van der Waals surface area (Å²) in [6.45, 7) is 2.16. The van der Waals surface area contributed by atoms with E-state index in [0.717, 1.165) is 4.88 Å². The molecule has 2 aliphatic rings. The van der Waals surface area contributed by atoms with Crippen molar-refractivity contribution in [1.82, 2.24) is 15.2 Å². The number of aryl methyl sites for hydroxylation is 1. The highest BCUT2D eigenvalue weighted by Crippen LogP contribution is 2.33. The number of anilines is 1. The lowest BCUT2D eigenvalue weighted by atomic mass is 10.0. The summed E-state index contributed by atoms with van der Waals surface area (Å²) in [5.41, 5.74) is -0.447. The van der Waals surface area contributed by atoms with E-state index in [4.69, 9.17) is 4.74 Å². The highest BCUT2D eigenvalue weighted by molar-refractivity contribution is 7.15. The van der Waals surface area contributed by atoms with Gasteiger partial charge in [-0.05, 0) is 19.1 Å². The largest absolute Gasteiger partial charge is 0.467 e. The third-order valence-corrected chi connectivity index (χ3v) is 5.69. The number of rotatable bonds is 3. The first kappa shape index (κ1) is 18.4. The number of thiazole rings is 1. The molecule has 3 heterocycles. The second-order valence-corrected chi connectivity index (χ2v) is 8.17. The van der Waals surface area contributed by atoms with Crippen LogP contribution in [0.4, 0.5) is 5.13 Å². The van der Waals surface area contributed by atoms with Crippen molar-refractivity contribution in [3.05, 3.63) is 40.9 Å². The number of para-hydroxylation sites is 1. The Bertz CT molecular complexity index is 944. The summed E-state index contributed by atoms with van der Waals surface area (Å²) in [7, 11) is 0. The zero-order chi connectivity index (χ0) is 19.7. The molecule has 28 heavy (non-hydrogen) atoms. The van der Waals surface area contributed by atoms with Gasteiger partial charge in [-0.3, -0.25) is 14.4 Å². The van der Waals surface area contributed by atoms with Gasteiger partial charge in [-0.25, -0.2) is 4.98 Å². The number of hydrogen-bond donors (Lipinski definition) is 2. The van der Waals surface area contributed by atoms with Crippen LogP contribution < -0.4 is 15.4 Å². The van der Waals surface area contributed by atoms with Gasteiger partial charge in [0.15, 0.2) is 10.9 Å². The van der Waals surface area contributed by atoms with Gasteiger partial charge < -0.3 is 20.3 Å². The average molecular weight is 400 g/mol. The number of nitrogens with zero attached hydrogens (tertiary/aromatic N) is 2. The molecule has 1 atom stereocenters. The number of fused-ring (bicyclic) bond motifs is 1. The van der Waals surface area contributed by atoms with Crippen molar-refractivity contribution in [2.24, 2.45) is 0 Å². The summed E-state index contributed by atoms with van der Waals surface area (Å²) >= 11 is 1.38. The van der Waals surface area contributed by atoms with Gasteiger partial charge in [0.05, 0.1) is 12.1 Å². The molecular weight excluding hydrogens is 380 g/mol. The summed E-state index contributed by atoms with van der Waals surface area (Å²) < 4.78 is 6.09. The van der Waals surface area contributed by atoms with Gasteiger partial charge in [-0.15, -0.1) is 11.3 Å². The highest BCUT2D eigenvalue weighted by atomic mass is 32.1. The van der Waals surface area contributed by atoms with E-state index in [0.29, 0.717) is 35.8 Å². The fourth-order valence-electron chi connectivity index (χ4n) is 3.42. The fourth-order valence-corrected chi connectivity index (χ4v) is 4.11. The highest BCUT2D eigenvalue weighted by Gasteiger charge is 2.42. The Hall–Kier alpha value is -2.94. The van der Waals surface area contributed by atoms with Crippen molar-refractivity contribution < 1.29 is 19.1 Å². The minimum Gasteiger partial charge on any atom is -0.467 e. The number of ether oxygens (including phenoxy) is 1. The van der Waals surface area contributed by atoms with Crippen LogP contribution in [0.1, 0.15) is 34.5 Å². The number of carbonyl (C=O) groups excluding carboxylic acids is 3. The van der Waals surface area contributed by atoms with Gasteiger partial charge >= 0.3 is 0 Å². The third kappa shape index (κ3) is 3.70. The SMILES string of the molecule is Cc1cnc(NC(=O)CN2CCC3(CCC2=O)NC(=O)c2ccccc2O3)s1. The number of hydrogen-bond acceptors (Lipinski definition) is 6. The Kier molecular flexibility index (Phi) is 4.76. The standard InChI is InChI=1S/C19H20N4O4S/c1-12-10-20-18(28-12)21-15(24)11-23-9-8-19(7-6-16(23)25)22-17(26)13-4-2-3-5-14(13)27-19/h2-5,10H,6-9,11H2,1H3,(H,22,26)(H,20,21,24). The lowest BCUT2D eigenvalue weighted by Crippen LogP contribution is -2.56. The summed E-state index contributed by atoms with van der Waals surface area (Å²) in [5.74, 6) is -0.125. The van der Waals surface area contributed by atoms with Crippen LogP contribution in [0.5, 0.6) is 5.75 Å². The molecule has 0 saturated carbocycles. The smallest absolute Gasteiger partial charge is 0.258 e. The Morgan fingerprint density at radius 1 is 1.36 bits per heavy atom. The molecule has 0 radical (unpaired) electrons. The minimum absolute atomic E-state index is 0.0575. The molecule has 1 aromatic carbocycles. The van der Waals surface area contributed by atoms with Gasteiger partial charge in [0.25, 0.3) is 5.91 Å². The summed E-state index contributed by atoms with van der Waals surface area (Å²) in [6, 6.07) is 7.05. The second-order valence-electron chi connectivity index (χ2n) is 6.94. The number of nitrogens with one attached hydrogen (secondary N) is 2. The van der Waals surface area contributed by atoms with E-state index in [1.807, 2.05) is 13.0 Å². The van der Waals surface area contributed by atoms with Crippen molar-refractivity contribution in [3.63, 3.8) is 0 Å². The topological polar surface area (TPSA) is 101 Å². The van der Waals surface area contributed by atoms with Crippen LogP contribution >= 0.6 is 11.3 Å². The molecule has 8 nitrogen and oxygen atoms in total. The Morgan fingerprint density at radius 2 is 2.18 bits per heavy atom. The normalized spacial score (nSPS) is 21.5. The first-order chi connectivity index (χ1) is 13.4. The monoisotopic (exact) mass is 400 g/mol. The maximum absolute atomic E-state index is 12.5. The van der Waals surface area contributed by atoms with E-state index in [2.05, 4.69) is 15.6 Å². The molecule has 1 aromatic heterocycles. The van der Waals surface area contributed by atoms with E-state index >= 15 is 0 Å². The number of amides is 3. The molecule has 9 heteroatoms. The average Bonchev–Trinajstić information content (AvgIpc) is 3.01. The van der Waals surface area contributed by atoms with Crippen molar-refractivity contribution in [2.45, 2.75) is 31.9 Å². The van der Waals surface area contributed by atoms with Crippen LogP contribution in [0, 0.1) is 6.92 Å². The molecule has 3 amide bonds. The van der Waals surface area contributed by atoms with Crippen molar-refractivity contribution >= 4 is 34.2 Å². The maximum Gasteiger partial charge on any atom is 0.258 e. The molecule has 1 fully saturated rings. The van der Waals surface area contributed by atoms with Crippen molar-refractivity contribution in [3.8, 4) is 5.75 Å². The first-order valence-electron chi connectivity index (χ1n) is 9.05. The molecule has 2 aliphatic heterocycles. The minimum atomic E-state index is -0.932. The molecule has 1 saturated heterocycles. The van der Waals surface area contributed by atoms with Crippen molar-refractivity contribution in [1.29, 1.82) is 0 Å². The second kappa shape index (κ2) is 7.23. The van der Waals surface area contributed by atoms with E-state index in [-0.39, 0.29) is 30.7 Å². The Balaban J connectivity index is 1.43. The molecule has 0 bridgehead atoms. The van der Waals surface area contributed by atoms with E-state index < -0.39 is 5.72 Å². The molecule has 4 rings (SSSR count). The zero-order valence-corrected chi connectivity index (χ0v) is 16.2. The predicted octanol–water partition coefficient (Wildman–Crippen LogP) is 1.92. The van der Waals surface area contributed by atoms with Gasteiger partial charge in [-0.2, -0.15) is 0 Å². The Labute approximate surface area is 165 Å². The molecule has 1 spiro atoms. The lowest BCUT2D eigenvalue weighted by Gasteiger charge is -2.38.